The number of anilines is 3. The largest absolute Gasteiger partial charge is 0.371 e. The molecule has 0 amide bonds. The Bertz CT molecular complexity index is 1330. The second kappa shape index (κ2) is 8.83. The number of aryl methyl sites for hydroxylation is 1. The van der Waals surface area contributed by atoms with Gasteiger partial charge in [-0.05, 0) is 62.1 Å². The molecule has 1 fully saturated rings. The number of pyridine rings is 1. The van der Waals surface area contributed by atoms with Gasteiger partial charge in [0.2, 0.25) is 0 Å². The normalized spacial score (nSPS) is 13.9. The molecule has 1 aromatic carbocycles. The number of hydrogen-bond acceptors (Lipinski definition) is 6. The summed E-state index contributed by atoms with van der Waals surface area (Å²) in [6.45, 7) is 4.25. The second-order valence-corrected chi connectivity index (χ2v) is 9.24. The number of piperidine rings is 1. The van der Waals surface area contributed by atoms with Crippen molar-refractivity contribution in [3.8, 4) is 17.3 Å². The van der Waals surface area contributed by atoms with E-state index in [1.54, 1.807) is 12.1 Å². The Morgan fingerprint density at radius 2 is 1.91 bits per heavy atom. The van der Waals surface area contributed by atoms with Crippen molar-refractivity contribution >= 4 is 33.4 Å². The highest BCUT2D eigenvalue weighted by molar-refractivity contribution is 7.16. The first-order chi connectivity index (χ1) is 16.1. The number of fused-ring (bicyclic) bond motifs is 1. The van der Waals surface area contributed by atoms with Gasteiger partial charge in [-0.15, -0.1) is 0 Å². The highest BCUT2D eigenvalue weighted by atomic mass is 32.1. The summed E-state index contributed by atoms with van der Waals surface area (Å²) in [6, 6.07) is 12.7. The number of rotatable bonds is 5. The average molecular weight is 461 g/mol. The van der Waals surface area contributed by atoms with Gasteiger partial charge < -0.3 is 9.80 Å². The third kappa shape index (κ3) is 3.93. The fraction of sp³-hybridized carbons (Fsp3) is 0.320. The third-order valence-corrected chi connectivity index (χ3v) is 7.21. The van der Waals surface area contributed by atoms with Crippen molar-refractivity contribution in [2.24, 2.45) is 0 Å². The molecule has 168 valence electrons. The Morgan fingerprint density at radius 1 is 1.15 bits per heavy atom. The van der Waals surface area contributed by atoms with Gasteiger partial charge in [-0.2, -0.15) is 10.4 Å². The first-order valence-electron chi connectivity index (χ1n) is 11.3. The van der Waals surface area contributed by atoms with E-state index in [9.17, 15) is 9.65 Å². The van der Waals surface area contributed by atoms with Gasteiger partial charge >= 0.3 is 0 Å². The van der Waals surface area contributed by atoms with Gasteiger partial charge in [0.25, 0.3) is 0 Å². The summed E-state index contributed by atoms with van der Waals surface area (Å²) in [4.78, 5) is 9.76. The van der Waals surface area contributed by atoms with Crippen LogP contribution in [0.5, 0.6) is 0 Å². The highest BCUT2D eigenvalue weighted by Crippen LogP contribution is 2.39. The topological polar surface area (TPSA) is 60.5 Å². The van der Waals surface area contributed by atoms with E-state index in [1.807, 2.05) is 22.7 Å². The van der Waals surface area contributed by atoms with Crippen LogP contribution in [0.25, 0.3) is 16.8 Å². The number of nitrogens with zero attached hydrogens (tertiary/aromatic N) is 6. The van der Waals surface area contributed by atoms with Gasteiger partial charge in [0.1, 0.15) is 22.5 Å². The molecular weight excluding hydrogens is 435 g/mol. The average Bonchev–Trinajstić information content (AvgIpc) is 3.46. The molecule has 6 nitrogen and oxygen atoms in total. The quantitative estimate of drug-likeness (QED) is 0.377. The van der Waals surface area contributed by atoms with E-state index in [4.69, 9.17) is 10.1 Å². The standard InChI is InChI=1S/C25H25FN6S/c1-3-20-24(21-15-19(11-14-32(21)29-20)31-12-5-4-6-13-31)30(2)25-28-23(22(16-27)33-25)17-7-9-18(26)10-8-17/h7-11,14-15H,3-6,12-13H2,1-2H3. The first-order valence-corrected chi connectivity index (χ1v) is 12.1. The Kier molecular flexibility index (Phi) is 5.73. The summed E-state index contributed by atoms with van der Waals surface area (Å²) in [7, 11) is 1.97. The SMILES string of the molecule is CCc1nn2ccc(N3CCCCC3)cc2c1N(C)c1nc(-c2ccc(F)cc2)c(C#N)s1. The lowest BCUT2D eigenvalue weighted by Gasteiger charge is -2.29. The lowest BCUT2D eigenvalue weighted by Crippen LogP contribution is -2.29. The minimum Gasteiger partial charge on any atom is -0.371 e. The van der Waals surface area contributed by atoms with E-state index >= 15 is 0 Å². The minimum atomic E-state index is -0.312. The molecule has 0 N–H and O–H groups in total. The summed E-state index contributed by atoms with van der Waals surface area (Å²) in [5, 5.41) is 15.2. The molecule has 0 radical (unpaired) electrons. The maximum absolute atomic E-state index is 13.4. The fourth-order valence-electron chi connectivity index (χ4n) is 4.45. The monoisotopic (exact) mass is 460 g/mol. The molecule has 5 rings (SSSR count). The molecule has 1 aliphatic heterocycles. The molecule has 1 aliphatic rings. The summed E-state index contributed by atoms with van der Waals surface area (Å²) in [5.41, 5.74) is 5.52. The molecule has 1 saturated heterocycles. The lowest BCUT2D eigenvalue weighted by molar-refractivity contribution is 0.577. The molecule has 0 aliphatic carbocycles. The van der Waals surface area contributed by atoms with Gasteiger partial charge in [-0.1, -0.05) is 18.3 Å². The van der Waals surface area contributed by atoms with Crippen molar-refractivity contribution in [1.82, 2.24) is 14.6 Å². The molecule has 8 heteroatoms. The number of aromatic nitrogens is 3. The third-order valence-electron chi connectivity index (χ3n) is 6.18. The summed E-state index contributed by atoms with van der Waals surface area (Å²) < 4.78 is 15.3. The summed E-state index contributed by atoms with van der Waals surface area (Å²) in [5.74, 6) is -0.312. The van der Waals surface area contributed by atoms with Gasteiger partial charge in [0.15, 0.2) is 5.13 Å². The maximum atomic E-state index is 13.4. The molecule has 0 unspecified atom stereocenters. The van der Waals surface area contributed by atoms with Crippen LogP contribution in [0.3, 0.4) is 0 Å². The van der Waals surface area contributed by atoms with Crippen LogP contribution in [0.2, 0.25) is 0 Å². The van der Waals surface area contributed by atoms with Crippen LogP contribution >= 0.6 is 11.3 Å². The Labute approximate surface area is 196 Å². The van der Waals surface area contributed by atoms with Crippen molar-refractivity contribution < 1.29 is 4.39 Å². The van der Waals surface area contributed by atoms with Crippen LogP contribution in [-0.4, -0.2) is 34.7 Å². The van der Waals surface area contributed by atoms with E-state index in [-0.39, 0.29) is 5.82 Å². The van der Waals surface area contributed by atoms with Gasteiger partial charge in [-0.3, -0.25) is 0 Å². The predicted octanol–water partition coefficient (Wildman–Crippen LogP) is 5.79. The number of hydrogen-bond donors (Lipinski definition) is 0. The Balaban J connectivity index is 1.58. The van der Waals surface area contributed by atoms with Crippen LogP contribution in [0.15, 0.2) is 42.6 Å². The van der Waals surface area contributed by atoms with Crippen molar-refractivity contribution in [2.75, 3.05) is 29.9 Å². The fourth-order valence-corrected chi connectivity index (χ4v) is 5.30. The van der Waals surface area contributed by atoms with Gasteiger partial charge in [0, 0.05) is 37.6 Å². The van der Waals surface area contributed by atoms with Crippen molar-refractivity contribution in [1.29, 1.82) is 5.26 Å². The van der Waals surface area contributed by atoms with Crippen LogP contribution in [0.4, 0.5) is 20.9 Å². The van der Waals surface area contributed by atoms with Crippen LogP contribution in [0, 0.1) is 17.1 Å². The highest BCUT2D eigenvalue weighted by Gasteiger charge is 2.23. The molecule has 33 heavy (non-hydrogen) atoms. The van der Waals surface area contributed by atoms with E-state index in [0.29, 0.717) is 15.7 Å². The van der Waals surface area contributed by atoms with E-state index in [2.05, 4.69) is 30.0 Å². The molecule has 4 aromatic rings. The zero-order valence-corrected chi connectivity index (χ0v) is 19.6. The molecule has 0 saturated carbocycles. The predicted molar refractivity (Wildman–Crippen MR) is 131 cm³/mol. The van der Waals surface area contributed by atoms with Crippen LogP contribution in [0.1, 0.15) is 36.8 Å². The Morgan fingerprint density at radius 3 is 2.61 bits per heavy atom. The molecule has 0 bridgehead atoms. The second-order valence-electron chi connectivity index (χ2n) is 8.26. The number of nitriles is 1. The molecular formula is C25H25FN6S. The summed E-state index contributed by atoms with van der Waals surface area (Å²) >= 11 is 1.34. The molecule has 3 aromatic heterocycles. The zero-order valence-electron chi connectivity index (χ0n) is 18.8. The number of thiazole rings is 1. The zero-order chi connectivity index (χ0) is 22.9. The minimum absolute atomic E-state index is 0.312. The molecule has 0 atom stereocenters. The summed E-state index contributed by atoms with van der Waals surface area (Å²) in [6.07, 6.45) is 6.55. The van der Waals surface area contributed by atoms with E-state index in [0.717, 1.165) is 42.0 Å². The first kappa shape index (κ1) is 21.4. The van der Waals surface area contributed by atoms with Gasteiger partial charge in [-0.25, -0.2) is 13.9 Å². The maximum Gasteiger partial charge on any atom is 0.191 e. The smallest absolute Gasteiger partial charge is 0.191 e. The number of halogens is 1. The van der Waals surface area contributed by atoms with Crippen LogP contribution in [-0.2, 0) is 6.42 Å². The van der Waals surface area contributed by atoms with Crippen molar-refractivity contribution in [2.45, 2.75) is 32.6 Å². The Hall–Kier alpha value is -3.44. The van der Waals surface area contributed by atoms with Crippen LogP contribution < -0.4 is 9.80 Å². The lowest BCUT2D eigenvalue weighted by atomic mass is 10.1. The van der Waals surface area contributed by atoms with Crippen molar-refractivity contribution in [3.63, 3.8) is 0 Å². The number of benzene rings is 1. The molecule has 4 heterocycles. The molecule has 0 spiro atoms. The van der Waals surface area contributed by atoms with Gasteiger partial charge in [0.05, 0.1) is 16.9 Å². The van der Waals surface area contributed by atoms with E-state index < -0.39 is 0 Å². The van der Waals surface area contributed by atoms with E-state index in [1.165, 1.54) is 48.4 Å². The van der Waals surface area contributed by atoms with Crippen molar-refractivity contribution in [3.05, 3.63) is 59.0 Å².